The van der Waals surface area contributed by atoms with Crippen molar-refractivity contribution in [3.63, 3.8) is 0 Å². The van der Waals surface area contributed by atoms with Gasteiger partial charge in [-0.15, -0.1) is 0 Å². The standard InChI is InChI=1S/C25H26N2O3/c1-17-10-11-21-20(12-17)26-24(15-18-8-6-5-7-9-18)27(21)16-19-13-22(28-2)25(30-4)23(14-19)29-3/h5-15,26H,16H2,1-4H3/b24-15-. The Balaban J connectivity index is 1.76. The van der Waals surface area contributed by atoms with Crippen LogP contribution in [0.25, 0.3) is 6.08 Å². The van der Waals surface area contributed by atoms with Gasteiger partial charge in [-0.3, -0.25) is 0 Å². The van der Waals surface area contributed by atoms with Crippen molar-refractivity contribution in [3.8, 4) is 17.2 Å². The number of rotatable bonds is 6. The summed E-state index contributed by atoms with van der Waals surface area (Å²) in [5, 5.41) is 3.57. The Hall–Kier alpha value is -3.60. The second-order valence-electron chi connectivity index (χ2n) is 7.21. The SMILES string of the molecule is COc1cc(CN2/C(=C\c3ccccc3)Nc3cc(C)ccc32)cc(OC)c1OC. The summed E-state index contributed by atoms with van der Waals surface area (Å²) in [4.78, 5) is 2.27. The smallest absolute Gasteiger partial charge is 0.203 e. The molecular weight excluding hydrogens is 376 g/mol. The van der Waals surface area contributed by atoms with Gasteiger partial charge in [-0.05, 0) is 54.0 Å². The van der Waals surface area contributed by atoms with Gasteiger partial charge in [0, 0.05) is 6.54 Å². The third-order valence-electron chi connectivity index (χ3n) is 5.16. The van der Waals surface area contributed by atoms with Gasteiger partial charge in [0.1, 0.15) is 5.82 Å². The van der Waals surface area contributed by atoms with E-state index in [1.807, 2.05) is 30.3 Å². The van der Waals surface area contributed by atoms with Gasteiger partial charge >= 0.3 is 0 Å². The van der Waals surface area contributed by atoms with Gasteiger partial charge in [0.2, 0.25) is 5.75 Å². The molecule has 4 rings (SSSR count). The van der Waals surface area contributed by atoms with Crippen LogP contribution in [0.5, 0.6) is 17.2 Å². The summed E-state index contributed by atoms with van der Waals surface area (Å²) in [7, 11) is 4.89. The molecule has 0 aromatic heterocycles. The first-order chi connectivity index (χ1) is 14.6. The molecule has 0 saturated heterocycles. The molecule has 1 heterocycles. The minimum atomic E-state index is 0.597. The zero-order valence-electron chi connectivity index (χ0n) is 17.7. The molecule has 0 amide bonds. The number of benzene rings is 3. The maximum atomic E-state index is 5.54. The highest BCUT2D eigenvalue weighted by molar-refractivity contribution is 5.84. The normalized spacial score (nSPS) is 13.7. The lowest BCUT2D eigenvalue weighted by Crippen LogP contribution is -2.20. The number of fused-ring (bicyclic) bond motifs is 1. The van der Waals surface area contributed by atoms with Crippen molar-refractivity contribution in [2.75, 3.05) is 31.5 Å². The number of nitrogens with zero attached hydrogens (tertiary/aromatic N) is 1. The average molecular weight is 402 g/mol. The number of ether oxygens (including phenoxy) is 3. The van der Waals surface area contributed by atoms with Crippen LogP contribution in [0.1, 0.15) is 16.7 Å². The summed E-state index contributed by atoms with van der Waals surface area (Å²) >= 11 is 0. The van der Waals surface area contributed by atoms with Crippen LogP contribution < -0.4 is 24.4 Å². The maximum absolute atomic E-state index is 5.54. The number of aryl methyl sites for hydroxylation is 1. The van der Waals surface area contributed by atoms with Crippen molar-refractivity contribution < 1.29 is 14.2 Å². The van der Waals surface area contributed by atoms with Crippen molar-refractivity contribution in [1.82, 2.24) is 0 Å². The molecule has 3 aromatic carbocycles. The molecule has 0 fully saturated rings. The van der Waals surface area contributed by atoms with Gasteiger partial charge in [-0.25, -0.2) is 0 Å². The highest BCUT2D eigenvalue weighted by atomic mass is 16.5. The highest BCUT2D eigenvalue weighted by Crippen LogP contribution is 2.42. The molecule has 0 aliphatic carbocycles. The van der Waals surface area contributed by atoms with Crippen molar-refractivity contribution in [1.29, 1.82) is 0 Å². The third-order valence-corrected chi connectivity index (χ3v) is 5.16. The summed E-state index contributed by atoms with van der Waals surface area (Å²) in [6.45, 7) is 2.75. The largest absolute Gasteiger partial charge is 0.493 e. The number of anilines is 2. The fraction of sp³-hybridized carbons (Fsp3) is 0.200. The Labute approximate surface area is 177 Å². The average Bonchev–Trinajstić information content (AvgIpc) is 3.09. The Kier molecular flexibility index (Phi) is 5.53. The summed E-state index contributed by atoms with van der Waals surface area (Å²) in [6, 6.07) is 20.8. The van der Waals surface area contributed by atoms with Gasteiger partial charge in [-0.2, -0.15) is 0 Å². The molecule has 0 radical (unpaired) electrons. The predicted octanol–water partition coefficient (Wildman–Crippen LogP) is 5.45. The van der Waals surface area contributed by atoms with Crippen LogP contribution in [0.2, 0.25) is 0 Å². The highest BCUT2D eigenvalue weighted by Gasteiger charge is 2.25. The summed E-state index contributed by atoms with van der Waals surface area (Å²) in [6.07, 6.45) is 2.16. The number of nitrogens with one attached hydrogen (secondary N) is 1. The zero-order valence-corrected chi connectivity index (χ0v) is 17.7. The van der Waals surface area contributed by atoms with Gasteiger partial charge in [0.25, 0.3) is 0 Å². The summed E-state index contributed by atoms with van der Waals surface area (Å²) in [5.41, 5.74) is 5.65. The van der Waals surface area contributed by atoms with Crippen LogP contribution in [0.4, 0.5) is 11.4 Å². The first-order valence-electron chi connectivity index (χ1n) is 9.83. The molecule has 154 valence electrons. The summed E-state index contributed by atoms with van der Waals surface area (Å²) in [5.74, 6) is 2.92. The van der Waals surface area contributed by atoms with Gasteiger partial charge in [0.05, 0.1) is 32.7 Å². The van der Waals surface area contributed by atoms with Crippen LogP contribution in [0.3, 0.4) is 0 Å². The molecule has 0 spiro atoms. The van der Waals surface area contributed by atoms with Crippen LogP contribution in [-0.4, -0.2) is 21.3 Å². The zero-order chi connectivity index (χ0) is 21.1. The second kappa shape index (κ2) is 8.41. The molecule has 1 N–H and O–H groups in total. The van der Waals surface area contributed by atoms with Gasteiger partial charge in [0.15, 0.2) is 11.5 Å². The van der Waals surface area contributed by atoms with E-state index >= 15 is 0 Å². The fourth-order valence-electron chi connectivity index (χ4n) is 3.72. The first-order valence-corrected chi connectivity index (χ1v) is 9.83. The van der Waals surface area contributed by atoms with E-state index < -0.39 is 0 Å². The molecule has 0 saturated carbocycles. The fourth-order valence-corrected chi connectivity index (χ4v) is 3.72. The Morgan fingerprint density at radius 2 is 1.57 bits per heavy atom. The van der Waals surface area contributed by atoms with E-state index in [-0.39, 0.29) is 0 Å². The monoisotopic (exact) mass is 402 g/mol. The first kappa shape index (κ1) is 19.7. The Morgan fingerprint density at radius 3 is 2.20 bits per heavy atom. The van der Waals surface area contributed by atoms with Gasteiger partial charge in [-0.1, -0.05) is 36.4 Å². The number of hydrogen-bond donors (Lipinski definition) is 1. The molecule has 30 heavy (non-hydrogen) atoms. The molecule has 3 aromatic rings. The van der Waals surface area contributed by atoms with E-state index in [0.717, 1.165) is 28.3 Å². The molecule has 1 aliphatic heterocycles. The minimum absolute atomic E-state index is 0.597. The molecule has 0 atom stereocenters. The Morgan fingerprint density at radius 1 is 0.867 bits per heavy atom. The van der Waals surface area contributed by atoms with E-state index in [1.54, 1.807) is 21.3 Å². The molecule has 1 aliphatic rings. The number of methoxy groups -OCH3 is 3. The van der Waals surface area contributed by atoms with E-state index in [0.29, 0.717) is 23.8 Å². The third kappa shape index (κ3) is 3.79. The second-order valence-corrected chi connectivity index (χ2v) is 7.21. The molecule has 5 nitrogen and oxygen atoms in total. The lowest BCUT2D eigenvalue weighted by atomic mass is 10.1. The van der Waals surface area contributed by atoms with E-state index in [1.165, 1.54) is 5.56 Å². The van der Waals surface area contributed by atoms with Gasteiger partial charge < -0.3 is 24.4 Å². The van der Waals surface area contributed by atoms with Crippen LogP contribution >= 0.6 is 0 Å². The molecule has 0 unspecified atom stereocenters. The van der Waals surface area contributed by atoms with Crippen molar-refractivity contribution in [2.45, 2.75) is 13.5 Å². The lowest BCUT2D eigenvalue weighted by Gasteiger charge is -2.22. The van der Waals surface area contributed by atoms with Crippen LogP contribution in [-0.2, 0) is 6.54 Å². The van der Waals surface area contributed by atoms with Crippen molar-refractivity contribution in [3.05, 3.63) is 83.2 Å². The lowest BCUT2D eigenvalue weighted by molar-refractivity contribution is 0.324. The van der Waals surface area contributed by atoms with E-state index in [9.17, 15) is 0 Å². The Bertz CT molecular complexity index is 1050. The number of hydrogen-bond acceptors (Lipinski definition) is 5. The quantitative estimate of drug-likeness (QED) is 0.594. The van der Waals surface area contributed by atoms with Crippen LogP contribution in [0.15, 0.2) is 66.5 Å². The topological polar surface area (TPSA) is 43.0 Å². The van der Waals surface area contributed by atoms with Crippen molar-refractivity contribution >= 4 is 17.5 Å². The molecular formula is C25H26N2O3. The molecule has 5 heteroatoms. The predicted molar refractivity (Wildman–Crippen MR) is 122 cm³/mol. The van der Waals surface area contributed by atoms with Crippen LogP contribution in [0, 0.1) is 6.92 Å². The molecule has 0 bridgehead atoms. The maximum Gasteiger partial charge on any atom is 0.203 e. The van der Waals surface area contributed by atoms with E-state index in [4.69, 9.17) is 14.2 Å². The minimum Gasteiger partial charge on any atom is -0.493 e. The summed E-state index contributed by atoms with van der Waals surface area (Å²) < 4.78 is 16.5. The van der Waals surface area contributed by atoms with E-state index in [2.05, 4.69) is 53.5 Å². The van der Waals surface area contributed by atoms with Crippen molar-refractivity contribution in [2.24, 2.45) is 0 Å².